The number of hydrogen-bond acceptors (Lipinski definition) is 4. The molecule has 1 unspecified atom stereocenters. The lowest BCUT2D eigenvalue weighted by atomic mass is 10.0. The molecule has 5 heteroatoms. The highest BCUT2D eigenvalue weighted by atomic mass is 16.7. The van der Waals surface area contributed by atoms with Crippen LogP contribution in [0.3, 0.4) is 0 Å². The van der Waals surface area contributed by atoms with Crippen LogP contribution in [-0.2, 0) is 4.79 Å². The van der Waals surface area contributed by atoms with E-state index in [0.29, 0.717) is 5.75 Å². The highest BCUT2D eigenvalue weighted by Crippen LogP contribution is 2.34. The fourth-order valence-corrected chi connectivity index (χ4v) is 1.57. The van der Waals surface area contributed by atoms with Gasteiger partial charge in [0.2, 0.25) is 12.7 Å². The van der Waals surface area contributed by atoms with Crippen LogP contribution in [-0.4, -0.2) is 19.7 Å². The molecule has 0 fully saturated rings. The molecule has 2 rings (SSSR count). The van der Waals surface area contributed by atoms with Crippen LogP contribution in [0.2, 0.25) is 0 Å². The van der Waals surface area contributed by atoms with E-state index in [1.165, 1.54) is 0 Å². The van der Waals surface area contributed by atoms with Gasteiger partial charge in [-0.1, -0.05) is 6.07 Å². The van der Waals surface area contributed by atoms with Crippen LogP contribution >= 0.6 is 0 Å². The van der Waals surface area contributed by atoms with E-state index in [2.05, 4.69) is 10.9 Å². The molecular formula is C11H14N2O3. The standard InChI is InChI=1S/C11H14N2O3/c1-7(11(14)13-12-2)8-3-4-9-10(5-8)16-6-15-9/h3-5,7,12H,6H2,1-2H3,(H,13,14). The molecule has 0 bridgehead atoms. The molecule has 0 aromatic heterocycles. The minimum absolute atomic E-state index is 0.0821. The number of carbonyl (C=O) groups excluding carboxylic acids is 1. The summed E-state index contributed by atoms with van der Waals surface area (Å²) in [5.41, 5.74) is 6.07. The van der Waals surface area contributed by atoms with E-state index >= 15 is 0 Å². The van der Waals surface area contributed by atoms with Gasteiger partial charge >= 0.3 is 0 Å². The molecule has 0 radical (unpaired) electrons. The minimum Gasteiger partial charge on any atom is -0.454 e. The maximum Gasteiger partial charge on any atom is 0.241 e. The van der Waals surface area contributed by atoms with Gasteiger partial charge in [-0.25, -0.2) is 5.43 Å². The van der Waals surface area contributed by atoms with E-state index in [9.17, 15) is 4.79 Å². The third-order valence-corrected chi connectivity index (χ3v) is 2.54. The second kappa shape index (κ2) is 4.40. The van der Waals surface area contributed by atoms with E-state index in [4.69, 9.17) is 9.47 Å². The fraction of sp³-hybridized carbons (Fsp3) is 0.364. The summed E-state index contributed by atoms with van der Waals surface area (Å²) >= 11 is 0. The third-order valence-electron chi connectivity index (χ3n) is 2.54. The molecule has 0 saturated heterocycles. The number of hydrogen-bond donors (Lipinski definition) is 2. The molecule has 1 amide bonds. The van der Waals surface area contributed by atoms with Gasteiger partial charge in [-0.15, -0.1) is 0 Å². The van der Waals surface area contributed by atoms with Crippen molar-refractivity contribution in [3.05, 3.63) is 23.8 Å². The van der Waals surface area contributed by atoms with Crippen LogP contribution in [0.15, 0.2) is 18.2 Å². The van der Waals surface area contributed by atoms with Crippen LogP contribution < -0.4 is 20.3 Å². The van der Waals surface area contributed by atoms with E-state index in [-0.39, 0.29) is 18.6 Å². The number of benzene rings is 1. The molecule has 5 nitrogen and oxygen atoms in total. The van der Waals surface area contributed by atoms with Crippen molar-refractivity contribution in [2.75, 3.05) is 13.8 Å². The summed E-state index contributed by atoms with van der Waals surface area (Å²) in [4.78, 5) is 11.6. The molecule has 1 aliphatic rings. The Morgan fingerprint density at radius 1 is 1.38 bits per heavy atom. The molecule has 1 aromatic carbocycles. The highest BCUT2D eigenvalue weighted by molar-refractivity contribution is 5.83. The van der Waals surface area contributed by atoms with Gasteiger partial charge in [0.05, 0.1) is 5.92 Å². The predicted molar refractivity (Wildman–Crippen MR) is 58.2 cm³/mol. The van der Waals surface area contributed by atoms with Crippen molar-refractivity contribution < 1.29 is 14.3 Å². The van der Waals surface area contributed by atoms with Gasteiger partial charge in [0, 0.05) is 7.05 Å². The van der Waals surface area contributed by atoms with Crippen LogP contribution in [0.5, 0.6) is 11.5 Å². The van der Waals surface area contributed by atoms with Gasteiger partial charge in [-0.3, -0.25) is 10.2 Å². The van der Waals surface area contributed by atoms with Crippen LogP contribution in [0.4, 0.5) is 0 Å². The normalized spacial score (nSPS) is 14.6. The molecule has 1 atom stereocenters. The topological polar surface area (TPSA) is 59.6 Å². The Bertz CT molecular complexity index is 406. The van der Waals surface area contributed by atoms with Crippen molar-refractivity contribution in [3.8, 4) is 11.5 Å². The van der Waals surface area contributed by atoms with Crippen molar-refractivity contribution >= 4 is 5.91 Å². The second-order valence-electron chi connectivity index (χ2n) is 3.57. The number of rotatable bonds is 3. The number of fused-ring (bicyclic) bond motifs is 1. The molecule has 2 N–H and O–H groups in total. The Hall–Kier alpha value is -1.75. The van der Waals surface area contributed by atoms with Crippen LogP contribution in [0.25, 0.3) is 0 Å². The largest absolute Gasteiger partial charge is 0.454 e. The van der Waals surface area contributed by atoms with Crippen molar-refractivity contribution in [1.82, 2.24) is 10.9 Å². The average Bonchev–Trinajstić information content (AvgIpc) is 2.75. The zero-order valence-corrected chi connectivity index (χ0v) is 9.24. The first-order valence-corrected chi connectivity index (χ1v) is 5.08. The molecule has 86 valence electrons. The molecule has 0 aliphatic carbocycles. The Balaban J connectivity index is 2.18. The summed E-state index contributed by atoms with van der Waals surface area (Å²) in [5.74, 6) is 1.11. The first kappa shape index (κ1) is 10.8. The Kier molecular flexibility index (Phi) is 2.96. The van der Waals surface area contributed by atoms with Gasteiger partial charge in [0.25, 0.3) is 0 Å². The van der Waals surface area contributed by atoms with Crippen LogP contribution in [0.1, 0.15) is 18.4 Å². The van der Waals surface area contributed by atoms with E-state index in [1.807, 2.05) is 25.1 Å². The van der Waals surface area contributed by atoms with E-state index in [1.54, 1.807) is 7.05 Å². The molecule has 16 heavy (non-hydrogen) atoms. The average molecular weight is 222 g/mol. The zero-order chi connectivity index (χ0) is 11.5. The Labute approximate surface area is 93.7 Å². The number of carbonyl (C=O) groups is 1. The maximum atomic E-state index is 11.6. The SMILES string of the molecule is CNNC(=O)C(C)c1ccc2c(c1)OCO2. The lowest BCUT2D eigenvalue weighted by Gasteiger charge is -2.12. The van der Waals surface area contributed by atoms with Crippen LogP contribution in [0, 0.1) is 0 Å². The summed E-state index contributed by atoms with van der Waals surface area (Å²) in [5, 5.41) is 0. The monoisotopic (exact) mass is 222 g/mol. The number of ether oxygens (including phenoxy) is 2. The summed E-state index contributed by atoms with van der Waals surface area (Å²) in [6, 6.07) is 5.52. The lowest BCUT2D eigenvalue weighted by molar-refractivity contribution is -0.123. The Morgan fingerprint density at radius 3 is 2.88 bits per heavy atom. The van der Waals surface area contributed by atoms with Gasteiger partial charge in [-0.05, 0) is 24.6 Å². The summed E-state index contributed by atoms with van der Waals surface area (Å²) in [7, 11) is 1.66. The first-order valence-electron chi connectivity index (χ1n) is 5.08. The van der Waals surface area contributed by atoms with Gasteiger partial charge in [0.15, 0.2) is 11.5 Å². The highest BCUT2D eigenvalue weighted by Gasteiger charge is 2.19. The molecule has 0 spiro atoms. The number of nitrogens with one attached hydrogen (secondary N) is 2. The molecular weight excluding hydrogens is 208 g/mol. The van der Waals surface area contributed by atoms with E-state index < -0.39 is 0 Å². The quantitative estimate of drug-likeness (QED) is 0.742. The molecule has 1 heterocycles. The van der Waals surface area contributed by atoms with Gasteiger partial charge in [-0.2, -0.15) is 0 Å². The summed E-state index contributed by atoms with van der Waals surface area (Å²) in [6.07, 6.45) is 0. The van der Waals surface area contributed by atoms with Crippen molar-refractivity contribution in [2.24, 2.45) is 0 Å². The smallest absolute Gasteiger partial charge is 0.241 e. The van der Waals surface area contributed by atoms with Crippen molar-refractivity contribution in [1.29, 1.82) is 0 Å². The molecule has 1 aliphatic heterocycles. The predicted octanol–water partition coefficient (Wildman–Crippen LogP) is 0.769. The number of amides is 1. The van der Waals surface area contributed by atoms with Gasteiger partial charge in [0.1, 0.15) is 0 Å². The summed E-state index contributed by atoms with van der Waals surface area (Å²) < 4.78 is 10.5. The minimum atomic E-state index is -0.234. The second-order valence-corrected chi connectivity index (χ2v) is 3.57. The zero-order valence-electron chi connectivity index (χ0n) is 9.24. The van der Waals surface area contributed by atoms with Gasteiger partial charge < -0.3 is 9.47 Å². The lowest BCUT2D eigenvalue weighted by Crippen LogP contribution is -2.37. The summed E-state index contributed by atoms with van der Waals surface area (Å²) in [6.45, 7) is 2.08. The maximum absolute atomic E-state index is 11.6. The van der Waals surface area contributed by atoms with Crippen molar-refractivity contribution in [2.45, 2.75) is 12.8 Å². The molecule has 1 aromatic rings. The Morgan fingerprint density at radius 2 is 2.12 bits per heavy atom. The van der Waals surface area contributed by atoms with E-state index in [0.717, 1.165) is 11.3 Å². The first-order chi connectivity index (χ1) is 7.72. The third kappa shape index (κ3) is 1.94. The van der Waals surface area contributed by atoms with Crippen molar-refractivity contribution in [3.63, 3.8) is 0 Å². The fourth-order valence-electron chi connectivity index (χ4n) is 1.57. The number of hydrazine groups is 1. The molecule has 0 saturated carbocycles.